The summed E-state index contributed by atoms with van der Waals surface area (Å²) >= 11 is 0. The van der Waals surface area contributed by atoms with Crippen LogP contribution in [0.25, 0.3) is 0 Å². The number of carboxylic acids is 1. The Kier molecular flexibility index (Phi) is 5.44. The summed E-state index contributed by atoms with van der Waals surface area (Å²) in [4.78, 5) is 23.0. The van der Waals surface area contributed by atoms with Gasteiger partial charge in [-0.1, -0.05) is 19.8 Å². The number of carboxylic acid groups (broad SMARTS) is 1. The first-order valence-electron chi connectivity index (χ1n) is 8.06. The maximum absolute atomic E-state index is 12.1. The van der Waals surface area contributed by atoms with Crippen molar-refractivity contribution in [1.82, 2.24) is 5.32 Å². The third-order valence-corrected chi connectivity index (χ3v) is 5.15. The normalized spacial score (nSPS) is 34.5. The first-order valence-corrected chi connectivity index (χ1v) is 8.06. The molecule has 0 bridgehead atoms. The molecular weight excluding hydrogens is 254 g/mol. The molecule has 0 spiro atoms. The van der Waals surface area contributed by atoms with Crippen LogP contribution in [0.4, 0.5) is 0 Å². The Balaban J connectivity index is 1.67. The summed E-state index contributed by atoms with van der Waals surface area (Å²) in [5, 5.41) is 12.1. The van der Waals surface area contributed by atoms with Crippen molar-refractivity contribution in [3.8, 4) is 0 Å². The van der Waals surface area contributed by atoms with E-state index in [0.717, 1.165) is 25.3 Å². The molecule has 2 aliphatic carbocycles. The lowest BCUT2D eigenvalue weighted by Crippen LogP contribution is -2.37. The molecule has 2 aliphatic rings. The van der Waals surface area contributed by atoms with Crippen LogP contribution in [-0.2, 0) is 9.59 Å². The lowest BCUT2D eigenvalue weighted by Gasteiger charge is -2.28. The predicted octanol–water partition coefficient (Wildman–Crippen LogP) is 2.82. The SMILES string of the molecule is CC1CCC(CNC(=O)C2CCC(C(=O)O)CC2)CC1. The molecule has 0 unspecified atom stereocenters. The fourth-order valence-corrected chi connectivity index (χ4v) is 3.53. The van der Waals surface area contributed by atoms with Gasteiger partial charge < -0.3 is 10.4 Å². The van der Waals surface area contributed by atoms with E-state index in [1.54, 1.807) is 0 Å². The summed E-state index contributed by atoms with van der Waals surface area (Å²) in [5.41, 5.74) is 0. The molecule has 20 heavy (non-hydrogen) atoms. The molecule has 2 rings (SSSR count). The van der Waals surface area contributed by atoms with Crippen molar-refractivity contribution in [3.05, 3.63) is 0 Å². The quantitative estimate of drug-likeness (QED) is 0.832. The number of rotatable bonds is 4. The van der Waals surface area contributed by atoms with Gasteiger partial charge in [0, 0.05) is 12.5 Å². The van der Waals surface area contributed by atoms with Gasteiger partial charge in [0.1, 0.15) is 0 Å². The van der Waals surface area contributed by atoms with Crippen LogP contribution < -0.4 is 5.32 Å². The van der Waals surface area contributed by atoms with Crippen molar-refractivity contribution in [2.45, 2.75) is 58.3 Å². The molecule has 2 fully saturated rings. The third kappa shape index (κ3) is 4.22. The van der Waals surface area contributed by atoms with Crippen LogP contribution in [0.2, 0.25) is 0 Å². The van der Waals surface area contributed by atoms with Crippen molar-refractivity contribution in [2.75, 3.05) is 6.54 Å². The molecule has 0 aromatic rings. The van der Waals surface area contributed by atoms with Crippen LogP contribution in [0.5, 0.6) is 0 Å². The molecule has 0 saturated heterocycles. The zero-order chi connectivity index (χ0) is 14.5. The molecule has 4 heteroatoms. The van der Waals surface area contributed by atoms with Gasteiger partial charge in [-0.15, -0.1) is 0 Å². The highest BCUT2D eigenvalue weighted by Gasteiger charge is 2.30. The smallest absolute Gasteiger partial charge is 0.306 e. The molecule has 0 aliphatic heterocycles. The molecule has 0 atom stereocenters. The largest absolute Gasteiger partial charge is 0.481 e. The summed E-state index contributed by atoms with van der Waals surface area (Å²) in [5.74, 6) is 0.721. The summed E-state index contributed by atoms with van der Waals surface area (Å²) < 4.78 is 0. The number of nitrogens with one attached hydrogen (secondary N) is 1. The van der Waals surface area contributed by atoms with Gasteiger partial charge in [-0.25, -0.2) is 0 Å². The van der Waals surface area contributed by atoms with Crippen LogP contribution in [0.3, 0.4) is 0 Å². The van der Waals surface area contributed by atoms with Crippen LogP contribution in [0.1, 0.15) is 58.3 Å². The number of hydrogen-bond donors (Lipinski definition) is 2. The maximum atomic E-state index is 12.1. The number of carbonyl (C=O) groups is 2. The fourth-order valence-electron chi connectivity index (χ4n) is 3.53. The summed E-state index contributed by atoms with van der Waals surface area (Å²) in [6, 6.07) is 0. The van der Waals surface area contributed by atoms with Crippen LogP contribution >= 0.6 is 0 Å². The highest BCUT2D eigenvalue weighted by atomic mass is 16.4. The Bertz CT molecular complexity index is 340. The van der Waals surface area contributed by atoms with E-state index in [4.69, 9.17) is 5.11 Å². The minimum absolute atomic E-state index is 0.0353. The van der Waals surface area contributed by atoms with Crippen molar-refractivity contribution < 1.29 is 14.7 Å². The Morgan fingerprint density at radius 1 is 0.950 bits per heavy atom. The fraction of sp³-hybridized carbons (Fsp3) is 0.875. The van der Waals surface area contributed by atoms with E-state index >= 15 is 0 Å². The summed E-state index contributed by atoms with van der Waals surface area (Å²) in [7, 11) is 0. The minimum Gasteiger partial charge on any atom is -0.481 e. The Hall–Kier alpha value is -1.06. The van der Waals surface area contributed by atoms with Crippen molar-refractivity contribution >= 4 is 11.9 Å². The van der Waals surface area contributed by atoms with Gasteiger partial charge in [0.25, 0.3) is 0 Å². The summed E-state index contributed by atoms with van der Waals surface area (Å²) in [6.45, 7) is 3.11. The second kappa shape index (κ2) is 7.09. The third-order valence-electron chi connectivity index (χ3n) is 5.15. The molecule has 0 heterocycles. The number of amides is 1. The van der Waals surface area contributed by atoms with Crippen molar-refractivity contribution in [1.29, 1.82) is 0 Å². The van der Waals surface area contributed by atoms with Gasteiger partial charge in [-0.3, -0.25) is 9.59 Å². The minimum atomic E-state index is -0.708. The Morgan fingerprint density at radius 2 is 1.50 bits per heavy atom. The zero-order valence-corrected chi connectivity index (χ0v) is 12.4. The molecule has 0 radical (unpaired) electrons. The van der Waals surface area contributed by atoms with E-state index in [1.807, 2.05) is 0 Å². The molecule has 0 aromatic heterocycles. The first kappa shape index (κ1) is 15.3. The molecule has 4 nitrogen and oxygen atoms in total. The van der Waals surface area contributed by atoms with E-state index in [1.165, 1.54) is 25.7 Å². The van der Waals surface area contributed by atoms with Crippen molar-refractivity contribution in [3.63, 3.8) is 0 Å². The van der Waals surface area contributed by atoms with Gasteiger partial charge in [0.15, 0.2) is 0 Å². The summed E-state index contributed by atoms with van der Waals surface area (Å²) in [6.07, 6.45) is 7.77. The number of aliphatic carboxylic acids is 1. The van der Waals surface area contributed by atoms with Crippen LogP contribution in [0, 0.1) is 23.7 Å². The van der Waals surface area contributed by atoms with E-state index in [0.29, 0.717) is 18.8 Å². The predicted molar refractivity (Wildman–Crippen MR) is 77.2 cm³/mol. The average molecular weight is 281 g/mol. The topological polar surface area (TPSA) is 66.4 Å². The van der Waals surface area contributed by atoms with E-state index < -0.39 is 5.97 Å². The second-order valence-electron chi connectivity index (χ2n) is 6.76. The molecule has 2 saturated carbocycles. The molecule has 2 N–H and O–H groups in total. The first-order chi connectivity index (χ1) is 9.56. The van der Waals surface area contributed by atoms with Crippen LogP contribution in [-0.4, -0.2) is 23.5 Å². The maximum Gasteiger partial charge on any atom is 0.306 e. The highest BCUT2D eigenvalue weighted by Crippen LogP contribution is 2.30. The molecule has 114 valence electrons. The van der Waals surface area contributed by atoms with Gasteiger partial charge in [-0.05, 0) is 50.4 Å². The Morgan fingerprint density at radius 3 is 2.05 bits per heavy atom. The number of carbonyl (C=O) groups excluding carboxylic acids is 1. The van der Waals surface area contributed by atoms with Gasteiger partial charge in [0.2, 0.25) is 5.91 Å². The standard InChI is InChI=1S/C16H27NO3/c1-11-2-4-12(5-3-11)10-17-15(18)13-6-8-14(9-7-13)16(19)20/h11-14H,2-10H2,1H3,(H,17,18)(H,19,20). The van der Waals surface area contributed by atoms with Gasteiger partial charge in [-0.2, -0.15) is 0 Å². The Labute approximate surface area is 121 Å². The lowest BCUT2D eigenvalue weighted by molar-refractivity contribution is -0.144. The average Bonchev–Trinajstić information content (AvgIpc) is 2.46. The number of hydrogen-bond acceptors (Lipinski definition) is 2. The highest BCUT2D eigenvalue weighted by molar-refractivity contribution is 5.79. The van der Waals surface area contributed by atoms with Crippen molar-refractivity contribution in [2.24, 2.45) is 23.7 Å². The lowest BCUT2D eigenvalue weighted by atomic mass is 9.81. The molecule has 0 aromatic carbocycles. The second-order valence-corrected chi connectivity index (χ2v) is 6.76. The monoisotopic (exact) mass is 281 g/mol. The van der Waals surface area contributed by atoms with E-state index in [2.05, 4.69) is 12.2 Å². The van der Waals surface area contributed by atoms with Gasteiger partial charge >= 0.3 is 5.97 Å². The van der Waals surface area contributed by atoms with Gasteiger partial charge in [0.05, 0.1) is 5.92 Å². The zero-order valence-electron chi connectivity index (χ0n) is 12.4. The van der Waals surface area contributed by atoms with E-state index in [9.17, 15) is 9.59 Å². The molecule has 1 amide bonds. The molecular formula is C16H27NO3. The van der Waals surface area contributed by atoms with Crippen LogP contribution in [0.15, 0.2) is 0 Å². The van der Waals surface area contributed by atoms with E-state index in [-0.39, 0.29) is 17.7 Å².